The van der Waals surface area contributed by atoms with Crippen molar-refractivity contribution in [1.82, 2.24) is 14.9 Å². The Morgan fingerprint density at radius 2 is 1.88 bits per heavy atom. The van der Waals surface area contributed by atoms with Crippen molar-refractivity contribution in [3.8, 4) is 0 Å². The topological polar surface area (TPSA) is 52.6 Å². The lowest BCUT2D eigenvalue weighted by Crippen LogP contribution is -2.49. The predicted octanol–water partition coefficient (Wildman–Crippen LogP) is 2.61. The van der Waals surface area contributed by atoms with Gasteiger partial charge in [-0.15, -0.1) is 0 Å². The van der Waals surface area contributed by atoms with Crippen LogP contribution in [-0.4, -0.2) is 61.0 Å². The van der Waals surface area contributed by atoms with Crippen LogP contribution < -0.4 is 9.80 Å². The number of aromatic nitrogens is 2. The molecule has 0 bridgehead atoms. The number of rotatable bonds is 3. The van der Waals surface area contributed by atoms with Crippen molar-refractivity contribution in [2.24, 2.45) is 0 Å². The van der Waals surface area contributed by atoms with Crippen LogP contribution in [0.4, 0.5) is 16.2 Å². The van der Waals surface area contributed by atoms with Gasteiger partial charge in [0.1, 0.15) is 11.6 Å². The minimum Gasteiger partial charge on any atom is -0.363 e. The van der Waals surface area contributed by atoms with Gasteiger partial charge in [0, 0.05) is 52.0 Å². The molecule has 0 N–H and O–H groups in total. The lowest BCUT2D eigenvalue weighted by atomic mass is 10.1. The fourth-order valence-electron chi connectivity index (χ4n) is 2.88. The van der Waals surface area contributed by atoms with Crippen molar-refractivity contribution < 1.29 is 9.18 Å². The Morgan fingerprint density at radius 3 is 2.50 bits per heavy atom. The summed E-state index contributed by atoms with van der Waals surface area (Å²) in [6, 6.07) is 6.18. The third-order valence-corrected chi connectivity index (χ3v) is 4.63. The molecule has 1 amide bonds. The summed E-state index contributed by atoms with van der Waals surface area (Å²) in [5.41, 5.74) is 0.819. The normalized spacial score (nSPS) is 14.5. The van der Waals surface area contributed by atoms with Crippen molar-refractivity contribution >= 4 is 29.3 Å². The molecule has 26 heavy (non-hydrogen) atoms. The van der Waals surface area contributed by atoms with Gasteiger partial charge >= 0.3 is 0 Å². The van der Waals surface area contributed by atoms with E-state index in [0.29, 0.717) is 32.1 Å². The first-order chi connectivity index (χ1) is 12.4. The Hall–Kier alpha value is -2.41. The number of carbonyl (C=O) groups excluding carboxylic acids is 1. The summed E-state index contributed by atoms with van der Waals surface area (Å²) in [6.07, 6.45) is 0. The third-order valence-electron chi connectivity index (χ3n) is 4.31. The van der Waals surface area contributed by atoms with Crippen molar-refractivity contribution in [2.75, 3.05) is 50.1 Å². The van der Waals surface area contributed by atoms with Gasteiger partial charge in [-0.2, -0.15) is 4.98 Å². The minimum atomic E-state index is -0.595. The standard InChI is InChI=1S/C18H21ClFN5O/c1-12-11-15(23(2)3)22-18(21-12)25-9-7-24(8-10-25)17(26)16-13(19)5-4-6-14(16)20/h4-6,11H,7-10H2,1-3H3. The predicted molar refractivity (Wildman–Crippen MR) is 101 cm³/mol. The summed E-state index contributed by atoms with van der Waals surface area (Å²) in [7, 11) is 3.86. The van der Waals surface area contributed by atoms with Crippen molar-refractivity contribution in [3.63, 3.8) is 0 Å². The number of anilines is 2. The van der Waals surface area contributed by atoms with E-state index in [1.807, 2.05) is 36.9 Å². The minimum absolute atomic E-state index is 0.0654. The molecule has 1 aromatic heterocycles. The Kier molecular flexibility index (Phi) is 5.27. The maximum Gasteiger partial charge on any atom is 0.258 e. The Morgan fingerprint density at radius 1 is 1.19 bits per heavy atom. The maximum atomic E-state index is 14.0. The van der Waals surface area contributed by atoms with Gasteiger partial charge in [0.15, 0.2) is 0 Å². The number of piperazine rings is 1. The van der Waals surface area contributed by atoms with Crippen LogP contribution in [0.2, 0.25) is 5.02 Å². The number of nitrogens with zero attached hydrogens (tertiary/aromatic N) is 5. The van der Waals surface area contributed by atoms with Crippen molar-refractivity contribution in [3.05, 3.63) is 46.4 Å². The molecule has 0 spiro atoms. The first-order valence-corrected chi connectivity index (χ1v) is 8.76. The zero-order chi connectivity index (χ0) is 18.8. The van der Waals surface area contributed by atoms with Gasteiger partial charge in [-0.1, -0.05) is 17.7 Å². The molecule has 8 heteroatoms. The lowest BCUT2D eigenvalue weighted by molar-refractivity contribution is 0.0741. The van der Waals surface area contributed by atoms with Crippen LogP contribution in [0.3, 0.4) is 0 Å². The molecule has 0 atom stereocenters. The Balaban J connectivity index is 1.73. The molecule has 0 saturated carbocycles. The van der Waals surface area contributed by atoms with Crippen LogP contribution in [0.15, 0.2) is 24.3 Å². The number of halogens is 2. The SMILES string of the molecule is Cc1cc(N(C)C)nc(N2CCN(C(=O)c3c(F)cccc3Cl)CC2)n1. The Bertz CT molecular complexity index is 801. The molecular weight excluding hydrogens is 357 g/mol. The van der Waals surface area contributed by atoms with Gasteiger partial charge in [-0.25, -0.2) is 9.37 Å². The number of aryl methyl sites for hydroxylation is 1. The fourth-order valence-corrected chi connectivity index (χ4v) is 3.12. The zero-order valence-electron chi connectivity index (χ0n) is 15.0. The quantitative estimate of drug-likeness (QED) is 0.823. The van der Waals surface area contributed by atoms with Gasteiger partial charge < -0.3 is 14.7 Å². The van der Waals surface area contributed by atoms with Crippen LogP contribution in [0.1, 0.15) is 16.1 Å². The molecule has 0 aliphatic carbocycles. The first kappa shape index (κ1) is 18.4. The smallest absolute Gasteiger partial charge is 0.258 e. The van der Waals surface area contributed by atoms with Crippen LogP contribution in [0.25, 0.3) is 0 Å². The molecule has 0 unspecified atom stereocenters. The highest BCUT2D eigenvalue weighted by Gasteiger charge is 2.27. The molecular formula is C18H21ClFN5O. The van der Waals surface area contributed by atoms with E-state index in [2.05, 4.69) is 9.97 Å². The van der Waals surface area contributed by atoms with Gasteiger partial charge in [-0.3, -0.25) is 4.79 Å². The number of hydrogen-bond acceptors (Lipinski definition) is 5. The molecule has 138 valence electrons. The van der Waals surface area contributed by atoms with E-state index in [9.17, 15) is 9.18 Å². The summed E-state index contributed by atoms with van der Waals surface area (Å²) in [6.45, 7) is 4.00. The van der Waals surface area contributed by atoms with Gasteiger partial charge in [0.2, 0.25) is 5.95 Å². The van der Waals surface area contributed by atoms with E-state index in [-0.39, 0.29) is 16.5 Å². The van der Waals surface area contributed by atoms with Crippen LogP contribution in [0, 0.1) is 12.7 Å². The lowest BCUT2D eigenvalue weighted by Gasteiger charge is -2.35. The van der Waals surface area contributed by atoms with E-state index < -0.39 is 5.82 Å². The van der Waals surface area contributed by atoms with E-state index in [1.165, 1.54) is 18.2 Å². The zero-order valence-corrected chi connectivity index (χ0v) is 15.8. The van der Waals surface area contributed by atoms with Gasteiger partial charge in [0.25, 0.3) is 5.91 Å². The molecule has 1 aromatic carbocycles. The second-order valence-electron chi connectivity index (χ2n) is 6.44. The molecule has 1 fully saturated rings. The summed E-state index contributed by atoms with van der Waals surface area (Å²) in [4.78, 5) is 27.3. The highest BCUT2D eigenvalue weighted by molar-refractivity contribution is 6.33. The summed E-state index contributed by atoms with van der Waals surface area (Å²) < 4.78 is 14.0. The van der Waals surface area contributed by atoms with Crippen LogP contribution in [-0.2, 0) is 0 Å². The average Bonchev–Trinajstić information content (AvgIpc) is 2.61. The van der Waals surface area contributed by atoms with Crippen LogP contribution in [0.5, 0.6) is 0 Å². The van der Waals surface area contributed by atoms with Gasteiger partial charge in [-0.05, 0) is 19.1 Å². The van der Waals surface area contributed by atoms with E-state index in [0.717, 1.165) is 11.5 Å². The molecule has 0 radical (unpaired) electrons. The van der Waals surface area contributed by atoms with Crippen molar-refractivity contribution in [1.29, 1.82) is 0 Å². The fraction of sp³-hybridized carbons (Fsp3) is 0.389. The number of benzene rings is 1. The highest BCUT2D eigenvalue weighted by atomic mass is 35.5. The Labute approximate surface area is 157 Å². The monoisotopic (exact) mass is 377 g/mol. The van der Waals surface area contributed by atoms with E-state index >= 15 is 0 Å². The average molecular weight is 378 g/mol. The molecule has 1 aliphatic rings. The van der Waals surface area contributed by atoms with E-state index in [4.69, 9.17) is 11.6 Å². The molecule has 1 saturated heterocycles. The highest BCUT2D eigenvalue weighted by Crippen LogP contribution is 2.22. The second kappa shape index (κ2) is 7.45. The number of carbonyl (C=O) groups is 1. The van der Waals surface area contributed by atoms with Crippen molar-refractivity contribution in [2.45, 2.75) is 6.92 Å². The maximum absolute atomic E-state index is 14.0. The second-order valence-corrected chi connectivity index (χ2v) is 6.85. The summed E-state index contributed by atoms with van der Waals surface area (Å²) >= 11 is 6.01. The number of amides is 1. The van der Waals surface area contributed by atoms with E-state index in [1.54, 1.807) is 4.90 Å². The summed E-state index contributed by atoms with van der Waals surface area (Å²) in [5, 5.41) is 0.134. The molecule has 2 aromatic rings. The third kappa shape index (κ3) is 3.72. The summed E-state index contributed by atoms with van der Waals surface area (Å²) in [5.74, 6) is 0.503. The largest absolute Gasteiger partial charge is 0.363 e. The first-order valence-electron chi connectivity index (χ1n) is 8.38. The number of hydrogen-bond donors (Lipinski definition) is 0. The van der Waals surface area contributed by atoms with Gasteiger partial charge in [0.05, 0.1) is 10.6 Å². The molecule has 1 aliphatic heterocycles. The van der Waals surface area contributed by atoms with Crippen LogP contribution >= 0.6 is 11.6 Å². The molecule has 2 heterocycles. The molecule has 3 rings (SSSR count). The molecule has 6 nitrogen and oxygen atoms in total.